The zero-order valence-corrected chi connectivity index (χ0v) is 12.5. The summed E-state index contributed by atoms with van der Waals surface area (Å²) >= 11 is 3.29. The minimum atomic E-state index is -1.14. The summed E-state index contributed by atoms with van der Waals surface area (Å²) in [5.74, 6) is -1.57. The Kier molecular flexibility index (Phi) is 4.94. The van der Waals surface area contributed by atoms with E-state index >= 15 is 0 Å². The Labute approximate surface area is 120 Å². The summed E-state index contributed by atoms with van der Waals surface area (Å²) < 4.78 is 0.740. The second-order valence-electron chi connectivity index (χ2n) is 4.57. The number of amides is 1. The minimum Gasteiger partial charge on any atom is -0.480 e. The van der Waals surface area contributed by atoms with Gasteiger partial charge in [0.1, 0.15) is 5.54 Å². The van der Waals surface area contributed by atoms with Gasteiger partial charge in [-0.3, -0.25) is 4.79 Å². The zero-order valence-electron chi connectivity index (χ0n) is 10.9. The number of carboxylic acid groups (broad SMARTS) is 1. The molecule has 5 nitrogen and oxygen atoms in total. The number of primary amides is 1. The lowest BCUT2D eigenvalue weighted by atomic mass is 9.95. The number of nitrogens with one attached hydrogen (secondary N) is 1. The van der Waals surface area contributed by atoms with E-state index in [0.29, 0.717) is 18.5 Å². The van der Waals surface area contributed by atoms with Gasteiger partial charge in [0.05, 0.1) is 5.56 Å². The highest BCUT2D eigenvalue weighted by Gasteiger charge is 2.32. The molecule has 104 valence electrons. The van der Waals surface area contributed by atoms with Crippen molar-refractivity contribution in [3.8, 4) is 0 Å². The van der Waals surface area contributed by atoms with E-state index in [1.54, 1.807) is 25.1 Å². The fourth-order valence-electron chi connectivity index (χ4n) is 1.85. The fourth-order valence-corrected chi connectivity index (χ4v) is 2.22. The number of aliphatic carboxylic acids is 1. The molecule has 1 rings (SSSR count). The fraction of sp³-hybridized carbons (Fsp3) is 0.385. The van der Waals surface area contributed by atoms with Crippen molar-refractivity contribution in [2.24, 2.45) is 5.73 Å². The van der Waals surface area contributed by atoms with Gasteiger partial charge in [-0.25, -0.2) is 4.79 Å². The van der Waals surface area contributed by atoms with Crippen LogP contribution in [-0.4, -0.2) is 22.5 Å². The van der Waals surface area contributed by atoms with Crippen LogP contribution in [0.5, 0.6) is 0 Å². The van der Waals surface area contributed by atoms with Crippen LogP contribution in [0.4, 0.5) is 5.69 Å². The van der Waals surface area contributed by atoms with E-state index in [-0.39, 0.29) is 5.56 Å². The number of carbonyl (C=O) groups is 2. The quantitative estimate of drug-likeness (QED) is 0.748. The van der Waals surface area contributed by atoms with Gasteiger partial charge in [0.25, 0.3) is 5.91 Å². The average Bonchev–Trinajstić information content (AvgIpc) is 2.28. The largest absolute Gasteiger partial charge is 0.480 e. The van der Waals surface area contributed by atoms with Gasteiger partial charge in [-0.1, -0.05) is 29.3 Å². The highest BCUT2D eigenvalue weighted by molar-refractivity contribution is 9.10. The number of anilines is 1. The second kappa shape index (κ2) is 6.06. The first-order valence-electron chi connectivity index (χ1n) is 5.91. The van der Waals surface area contributed by atoms with Crippen LogP contribution in [0.3, 0.4) is 0 Å². The molecule has 0 bridgehead atoms. The van der Waals surface area contributed by atoms with Crippen molar-refractivity contribution < 1.29 is 14.7 Å². The van der Waals surface area contributed by atoms with Gasteiger partial charge >= 0.3 is 5.97 Å². The minimum absolute atomic E-state index is 0.270. The molecule has 0 saturated carbocycles. The van der Waals surface area contributed by atoms with E-state index in [9.17, 15) is 14.7 Å². The van der Waals surface area contributed by atoms with Gasteiger partial charge in [-0.15, -0.1) is 0 Å². The van der Waals surface area contributed by atoms with Crippen molar-refractivity contribution in [1.29, 1.82) is 0 Å². The van der Waals surface area contributed by atoms with Crippen LogP contribution in [0.15, 0.2) is 22.7 Å². The number of halogens is 1. The molecule has 1 unspecified atom stereocenters. The molecule has 0 aromatic heterocycles. The van der Waals surface area contributed by atoms with Gasteiger partial charge in [-0.05, 0) is 31.5 Å². The molecular weight excluding hydrogens is 312 g/mol. The number of carboxylic acids is 1. The molecule has 0 radical (unpaired) electrons. The molecule has 6 heteroatoms. The topological polar surface area (TPSA) is 92.4 Å². The van der Waals surface area contributed by atoms with E-state index in [1.165, 1.54) is 0 Å². The molecule has 0 aliphatic carbocycles. The van der Waals surface area contributed by atoms with Crippen LogP contribution in [0.1, 0.15) is 37.0 Å². The van der Waals surface area contributed by atoms with Crippen molar-refractivity contribution in [2.75, 3.05) is 5.32 Å². The van der Waals surface area contributed by atoms with Crippen LogP contribution in [0.25, 0.3) is 0 Å². The molecular formula is C13H17BrN2O3. The molecule has 1 amide bonds. The second-order valence-corrected chi connectivity index (χ2v) is 5.48. The van der Waals surface area contributed by atoms with Crippen molar-refractivity contribution >= 4 is 33.5 Å². The summed E-state index contributed by atoms with van der Waals surface area (Å²) in [5.41, 5.74) is 4.84. The third-order valence-electron chi connectivity index (χ3n) is 2.88. The molecule has 0 saturated heterocycles. The molecule has 19 heavy (non-hydrogen) atoms. The Morgan fingerprint density at radius 3 is 2.58 bits per heavy atom. The predicted molar refractivity (Wildman–Crippen MR) is 77.2 cm³/mol. The van der Waals surface area contributed by atoms with E-state index < -0.39 is 17.4 Å². The molecule has 1 atom stereocenters. The maximum Gasteiger partial charge on any atom is 0.329 e. The standard InChI is InChI=1S/C13H17BrN2O3/c1-3-6-13(2,12(18)19)16-10-7-8(14)4-5-9(10)11(15)17/h4-5,7,16H,3,6H2,1-2H3,(H2,15,17)(H,18,19). The number of carbonyl (C=O) groups excluding carboxylic acids is 1. The van der Waals surface area contributed by atoms with Crippen molar-refractivity contribution in [3.63, 3.8) is 0 Å². The van der Waals surface area contributed by atoms with E-state index in [4.69, 9.17) is 5.73 Å². The van der Waals surface area contributed by atoms with Crippen LogP contribution in [0, 0.1) is 0 Å². The lowest BCUT2D eigenvalue weighted by Gasteiger charge is -2.28. The van der Waals surface area contributed by atoms with E-state index in [1.807, 2.05) is 6.92 Å². The van der Waals surface area contributed by atoms with Crippen LogP contribution >= 0.6 is 15.9 Å². The van der Waals surface area contributed by atoms with Gasteiger partial charge < -0.3 is 16.2 Å². The Hall–Kier alpha value is -1.56. The lowest BCUT2D eigenvalue weighted by molar-refractivity contribution is -0.142. The maximum absolute atomic E-state index is 11.4. The Bertz CT molecular complexity index is 505. The average molecular weight is 329 g/mol. The summed E-state index contributed by atoms with van der Waals surface area (Å²) in [6.45, 7) is 3.49. The van der Waals surface area contributed by atoms with Crippen LogP contribution in [-0.2, 0) is 4.79 Å². The highest BCUT2D eigenvalue weighted by Crippen LogP contribution is 2.26. The highest BCUT2D eigenvalue weighted by atomic mass is 79.9. The molecule has 0 heterocycles. The summed E-state index contributed by atoms with van der Waals surface area (Å²) in [7, 11) is 0. The monoisotopic (exact) mass is 328 g/mol. The Morgan fingerprint density at radius 1 is 1.47 bits per heavy atom. The van der Waals surface area contributed by atoms with Gasteiger partial charge in [0.15, 0.2) is 0 Å². The zero-order chi connectivity index (χ0) is 14.6. The molecule has 0 fully saturated rings. The first-order chi connectivity index (χ1) is 8.80. The molecule has 0 spiro atoms. The third kappa shape index (κ3) is 3.70. The van der Waals surface area contributed by atoms with Gasteiger partial charge in [-0.2, -0.15) is 0 Å². The number of rotatable bonds is 6. The summed E-state index contributed by atoms with van der Waals surface area (Å²) in [5, 5.41) is 12.2. The molecule has 0 aliphatic rings. The summed E-state index contributed by atoms with van der Waals surface area (Å²) in [6, 6.07) is 4.89. The summed E-state index contributed by atoms with van der Waals surface area (Å²) in [4.78, 5) is 22.8. The Balaban J connectivity index is 3.19. The smallest absolute Gasteiger partial charge is 0.329 e. The normalized spacial score (nSPS) is 13.6. The summed E-state index contributed by atoms with van der Waals surface area (Å²) in [6.07, 6.45) is 1.14. The maximum atomic E-state index is 11.4. The predicted octanol–water partition coefficient (Wildman–Crippen LogP) is 2.60. The first-order valence-corrected chi connectivity index (χ1v) is 6.70. The van der Waals surface area contributed by atoms with E-state index in [0.717, 1.165) is 4.47 Å². The molecule has 0 aliphatic heterocycles. The first kappa shape index (κ1) is 15.5. The number of nitrogens with two attached hydrogens (primary N) is 1. The van der Waals surface area contributed by atoms with Crippen molar-refractivity contribution in [2.45, 2.75) is 32.2 Å². The number of hydrogen-bond donors (Lipinski definition) is 3. The number of hydrogen-bond acceptors (Lipinski definition) is 3. The molecule has 1 aromatic rings. The van der Waals surface area contributed by atoms with Gasteiger partial charge in [0.2, 0.25) is 0 Å². The molecule has 1 aromatic carbocycles. The third-order valence-corrected chi connectivity index (χ3v) is 3.37. The lowest BCUT2D eigenvalue weighted by Crippen LogP contribution is -2.43. The van der Waals surface area contributed by atoms with Crippen molar-refractivity contribution in [1.82, 2.24) is 0 Å². The Morgan fingerprint density at radius 2 is 2.11 bits per heavy atom. The van der Waals surface area contributed by atoms with Crippen molar-refractivity contribution in [3.05, 3.63) is 28.2 Å². The SMILES string of the molecule is CCCC(C)(Nc1cc(Br)ccc1C(N)=O)C(=O)O. The van der Waals surface area contributed by atoms with Crippen LogP contribution < -0.4 is 11.1 Å². The molecule has 4 N–H and O–H groups in total. The van der Waals surface area contributed by atoms with E-state index in [2.05, 4.69) is 21.2 Å². The van der Waals surface area contributed by atoms with Crippen LogP contribution in [0.2, 0.25) is 0 Å². The van der Waals surface area contributed by atoms with Gasteiger partial charge in [0, 0.05) is 10.2 Å². The number of benzene rings is 1.